The third-order valence-electron chi connectivity index (χ3n) is 3.66. The van der Waals surface area contributed by atoms with E-state index in [0.717, 1.165) is 41.1 Å². The van der Waals surface area contributed by atoms with Crippen molar-refractivity contribution in [1.82, 2.24) is 15.6 Å². The number of nitrogens with one attached hydrogen (secondary N) is 2. The topological polar surface area (TPSA) is 67.8 Å². The van der Waals surface area contributed by atoms with Crippen LogP contribution in [0.5, 0.6) is 5.75 Å². The Balaban J connectivity index is 1.90. The van der Waals surface area contributed by atoms with Gasteiger partial charge in [0.05, 0.1) is 30.4 Å². The molecule has 0 aliphatic rings. The Kier molecular flexibility index (Phi) is 8.37. The second-order valence-corrected chi connectivity index (χ2v) is 7.06. The highest BCUT2D eigenvalue weighted by Crippen LogP contribution is 2.16. The van der Waals surface area contributed by atoms with Crippen LogP contribution in [0.15, 0.2) is 29.3 Å². The summed E-state index contributed by atoms with van der Waals surface area (Å²) in [6.07, 6.45) is 0. The van der Waals surface area contributed by atoms with Gasteiger partial charge < -0.3 is 20.1 Å². The van der Waals surface area contributed by atoms with Crippen LogP contribution < -0.4 is 15.4 Å². The van der Waals surface area contributed by atoms with Crippen LogP contribution in [0, 0.1) is 13.8 Å². The molecule has 1 heterocycles. The minimum absolute atomic E-state index is 0.555. The first kappa shape index (κ1) is 20.2. The molecule has 0 spiro atoms. The second-order valence-electron chi connectivity index (χ2n) is 5.78. The minimum atomic E-state index is 0.555. The molecule has 2 rings (SSSR count). The predicted molar refractivity (Wildman–Crippen MR) is 107 cm³/mol. The van der Waals surface area contributed by atoms with Crippen LogP contribution >= 0.6 is 11.3 Å². The van der Waals surface area contributed by atoms with E-state index in [-0.39, 0.29) is 0 Å². The van der Waals surface area contributed by atoms with E-state index in [9.17, 15) is 0 Å². The standard InChI is InChI=1S/C19H28N4O2S/c1-5-20-19(22-13-18-14(2)23-15(3)26-18)21-12-16-6-8-17(9-7-16)25-11-10-24-4/h6-9H,5,10-13H2,1-4H3,(H2,20,21,22). The van der Waals surface area contributed by atoms with E-state index in [1.807, 2.05) is 38.1 Å². The molecule has 0 atom stereocenters. The van der Waals surface area contributed by atoms with E-state index in [1.165, 1.54) is 4.88 Å². The molecule has 0 saturated heterocycles. The van der Waals surface area contributed by atoms with Gasteiger partial charge in [0, 0.05) is 18.5 Å². The van der Waals surface area contributed by atoms with Gasteiger partial charge in [-0.05, 0) is 38.5 Å². The van der Waals surface area contributed by atoms with Crippen LogP contribution in [-0.4, -0.2) is 37.8 Å². The number of aryl methyl sites for hydroxylation is 2. The molecule has 0 saturated carbocycles. The first-order valence-corrected chi connectivity index (χ1v) is 9.59. The molecule has 142 valence electrons. The van der Waals surface area contributed by atoms with Gasteiger partial charge in [-0.15, -0.1) is 11.3 Å². The molecule has 1 aromatic heterocycles. The SMILES string of the molecule is CCNC(=NCc1ccc(OCCOC)cc1)NCc1sc(C)nc1C. The molecule has 6 nitrogen and oxygen atoms in total. The van der Waals surface area contributed by atoms with Crippen LogP contribution in [0.4, 0.5) is 0 Å². The number of thiazole rings is 1. The Morgan fingerprint density at radius 1 is 1.15 bits per heavy atom. The summed E-state index contributed by atoms with van der Waals surface area (Å²) in [5.74, 6) is 1.65. The zero-order valence-corrected chi connectivity index (χ0v) is 16.8. The van der Waals surface area contributed by atoms with Gasteiger partial charge in [-0.2, -0.15) is 0 Å². The fourth-order valence-electron chi connectivity index (χ4n) is 2.35. The van der Waals surface area contributed by atoms with Crippen LogP contribution in [0.3, 0.4) is 0 Å². The first-order chi connectivity index (χ1) is 12.6. The Labute approximate surface area is 159 Å². The predicted octanol–water partition coefficient (Wildman–Crippen LogP) is 3.04. The monoisotopic (exact) mass is 376 g/mol. The van der Waals surface area contributed by atoms with Gasteiger partial charge in [-0.1, -0.05) is 12.1 Å². The summed E-state index contributed by atoms with van der Waals surface area (Å²) in [6, 6.07) is 7.99. The third-order valence-corrected chi connectivity index (χ3v) is 4.73. The Hall–Kier alpha value is -2.12. The zero-order valence-electron chi connectivity index (χ0n) is 16.0. The number of nitrogens with zero attached hydrogens (tertiary/aromatic N) is 2. The number of ether oxygens (including phenoxy) is 2. The fourth-order valence-corrected chi connectivity index (χ4v) is 3.22. The van der Waals surface area contributed by atoms with Crippen molar-refractivity contribution in [1.29, 1.82) is 0 Å². The van der Waals surface area contributed by atoms with E-state index in [1.54, 1.807) is 18.4 Å². The second kappa shape index (κ2) is 10.8. The highest BCUT2D eigenvalue weighted by atomic mass is 32.1. The van der Waals surface area contributed by atoms with Crippen LogP contribution in [0.2, 0.25) is 0 Å². The summed E-state index contributed by atoms with van der Waals surface area (Å²) in [4.78, 5) is 10.4. The molecular formula is C19H28N4O2S. The maximum atomic E-state index is 5.58. The normalized spacial score (nSPS) is 11.5. The molecule has 7 heteroatoms. The lowest BCUT2D eigenvalue weighted by atomic mass is 10.2. The molecule has 0 amide bonds. The van der Waals surface area contributed by atoms with Crippen molar-refractivity contribution < 1.29 is 9.47 Å². The molecule has 26 heavy (non-hydrogen) atoms. The van der Waals surface area contributed by atoms with Gasteiger partial charge in [0.15, 0.2) is 5.96 Å². The van der Waals surface area contributed by atoms with Crippen LogP contribution in [0.25, 0.3) is 0 Å². The summed E-state index contributed by atoms with van der Waals surface area (Å²) >= 11 is 1.72. The average Bonchev–Trinajstić information content (AvgIpc) is 2.96. The summed E-state index contributed by atoms with van der Waals surface area (Å²) in [6.45, 7) is 9.43. The van der Waals surface area contributed by atoms with Crippen molar-refractivity contribution >= 4 is 17.3 Å². The lowest BCUT2D eigenvalue weighted by Gasteiger charge is -2.11. The van der Waals surface area contributed by atoms with Crippen LogP contribution in [-0.2, 0) is 17.8 Å². The summed E-state index contributed by atoms with van der Waals surface area (Å²) in [7, 11) is 1.66. The fraction of sp³-hybridized carbons (Fsp3) is 0.474. The van der Waals surface area contributed by atoms with Gasteiger partial charge in [-0.25, -0.2) is 9.98 Å². The molecule has 1 aromatic carbocycles. The average molecular weight is 377 g/mol. The van der Waals surface area contributed by atoms with Gasteiger partial charge in [0.2, 0.25) is 0 Å². The van der Waals surface area contributed by atoms with Crippen molar-refractivity contribution in [2.24, 2.45) is 4.99 Å². The largest absolute Gasteiger partial charge is 0.491 e. The van der Waals surface area contributed by atoms with Crippen molar-refractivity contribution in [3.05, 3.63) is 45.4 Å². The van der Waals surface area contributed by atoms with Crippen molar-refractivity contribution in [3.8, 4) is 5.75 Å². The number of aromatic nitrogens is 1. The number of rotatable bonds is 9. The number of hydrogen-bond acceptors (Lipinski definition) is 5. The summed E-state index contributed by atoms with van der Waals surface area (Å²) in [5, 5.41) is 7.75. The van der Waals surface area contributed by atoms with Crippen molar-refractivity contribution in [2.45, 2.75) is 33.9 Å². The lowest BCUT2D eigenvalue weighted by molar-refractivity contribution is 0.146. The smallest absolute Gasteiger partial charge is 0.191 e. The number of methoxy groups -OCH3 is 1. The quantitative estimate of drug-likeness (QED) is 0.400. The first-order valence-electron chi connectivity index (χ1n) is 8.78. The maximum absolute atomic E-state index is 5.58. The van der Waals surface area contributed by atoms with E-state index >= 15 is 0 Å². The Morgan fingerprint density at radius 2 is 1.92 bits per heavy atom. The highest BCUT2D eigenvalue weighted by Gasteiger charge is 2.06. The molecule has 0 fully saturated rings. The lowest BCUT2D eigenvalue weighted by Crippen LogP contribution is -2.36. The van der Waals surface area contributed by atoms with E-state index < -0.39 is 0 Å². The summed E-state index contributed by atoms with van der Waals surface area (Å²) in [5.41, 5.74) is 2.21. The number of aliphatic imine (C=N–C) groups is 1. The van der Waals surface area contributed by atoms with Crippen molar-refractivity contribution in [2.75, 3.05) is 26.9 Å². The molecule has 0 radical (unpaired) electrons. The molecule has 2 aromatic rings. The molecule has 0 aliphatic carbocycles. The van der Waals surface area contributed by atoms with E-state index in [4.69, 9.17) is 9.47 Å². The minimum Gasteiger partial charge on any atom is -0.491 e. The maximum Gasteiger partial charge on any atom is 0.191 e. The zero-order chi connectivity index (χ0) is 18.8. The van der Waals surface area contributed by atoms with Crippen LogP contribution in [0.1, 0.15) is 28.1 Å². The third kappa shape index (κ3) is 6.65. The highest BCUT2D eigenvalue weighted by molar-refractivity contribution is 7.11. The van der Waals surface area contributed by atoms with Crippen molar-refractivity contribution in [3.63, 3.8) is 0 Å². The molecule has 0 aliphatic heterocycles. The molecule has 2 N–H and O–H groups in total. The number of hydrogen-bond donors (Lipinski definition) is 2. The summed E-state index contributed by atoms with van der Waals surface area (Å²) < 4.78 is 10.6. The Morgan fingerprint density at radius 3 is 2.54 bits per heavy atom. The number of guanidine groups is 1. The van der Waals surface area contributed by atoms with Gasteiger partial charge >= 0.3 is 0 Å². The Bertz CT molecular complexity index is 698. The van der Waals surface area contributed by atoms with Gasteiger partial charge in [0.25, 0.3) is 0 Å². The number of benzene rings is 1. The molecule has 0 bridgehead atoms. The van der Waals surface area contributed by atoms with Gasteiger partial charge in [-0.3, -0.25) is 0 Å². The van der Waals surface area contributed by atoms with Gasteiger partial charge in [0.1, 0.15) is 12.4 Å². The molecular weight excluding hydrogens is 348 g/mol. The van der Waals surface area contributed by atoms with E-state index in [2.05, 4.69) is 27.5 Å². The molecule has 0 unspecified atom stereocenters. The van der Waals surface area contributed by atoms with E-state index in [0.29, 0.717) is 19.8 Å².